The van der Waals surface area contributed by atoms with Crippen molar-refractivity contribution >= 4 is 40.6 Å². The van der Waals surface area contributed by atoms with Gasteiger partial charge in [0, 0.05) is 33.3 Å². The van der Waals surface area contributed by atoms with E-state index < -0.39 is 0 Å². The number of hydrogen-bond donors (Lipinski definition) is 1. The van der Waals surface area contributed by atoms with E-state index in [1.165, 1.54) is 0 Å². The summed E-state index contributed by atoms with van der Waals surface area (Å²) in [6, 6.07) is 7.60. The van der Waals surface area contributed by atoms with Gasteiger partial charge in [-0.05, 0) is 18.4 Å². The van der Waals surface area contributed by atoms with Crippen molar-refractivity contribution in [3.05, 3.63) is 40.4 Å². The van der Waals surface area contributed by atoms with Gasteiger partial charge < -0.3 is 5.32 Å². The Morgan fingerprint density at radius 3 is 2.81 bits per heavy atom. The highest BCUT2D eigenvalue weighted by molar-refractivity contribution is 7.98. The second kappa shape index (κ2) is 7.82. The molecule has 1 atom stereocenters. The molecular weight excluding hydrogens is 324 g/mol. The first-order valence-corrected chi connectivity index (χ1v) is 9.16. The molecule has 0 saturated carbocycles. The average Bonchev–Trinajstić information content (AvgIpc) is 2.94. The van der Waals surface area contributed by atoms with Crippen LogP contribution in [0.3, 0.4) is 0 Å². The zero-order chi connectivity index (χ0) is 15.2. The largest absolute Gasteiger partial charge is 0.351 e. The fourth-order valence-electron chi connectivity index (χ4n) is 1.79. The van der Waals surface area contributed by atoms with E-state index in [4.69, 9.17) is 11.6 Å². The molecule has 1 heterocycles. The molecule has 6 heteroatoms. The van der Waals surface area contributed by atoms with Crippen LogP contribution in [0.5, 0.6) is 0 Å². The minimum Gasteiger partial charge on any atom is -0.351 e. The monoisotopic (exact) mass is 340 g/mol. The first-order valence-electron chi connectivity index (χ1n) is 6.57. The molecule has 0 aliphatic heterocycles. The molecule has 21 heavy (non-hydrogen) atoms. The van der Waals surface area contributed by atoms with Crippen LogP contribution >= 0.6 is 34.7 Å². The van der Waals surface area contributed by atoms with Gasteiger partial charge >= 0.3 is 0 Å². The van der Waals surface area contributed by atoms with Crippen LogP contribution in [0, 0.1) is 5.92 Å². The Labute approximate surface area is 138 Å². The summed E-state index contributed by atoms with van der Waals surface area (Å²) in [7, 11) is 0. The van der Waals surface area contributed by atoms with E-state index in [9.17, 15) is 4.79 Å². The van der Waals surface area contributed by atoms with E-state index in [-0.39, 0.29) is 11.8 Å². The van der Waals surface area contributed by atoms with Crippen molar-refractivity contribution in [1.82, 2.24) is 10.3 Å². The molecule has 1 amide bonds. The number of amides is 1. The number of thiazole rings is 1. The molecule has 0 spiro atoms. The Kier molecular flexibility index (Phi) is 6.08. The van der Waals surface area contributed by atoms with Crippen LogP contribution in [-0.2, 0) is 11.3 Å². The number of hydrogen-bond acceptors (Lipinski definition) is 4. The second-order valence-corrected chi connectivity index (χ2v) is 7.18. The average molecular weight is 341 g/mol. The van der Waals surface area contributed by atoms with Gasteiger partial charge in [0.05, 0.1) is 6.54 Å². The second-order valence-electron chi connectivity index (χ2n) is 4.71. The molecule has 1 aromatic heterocycles. The molecule has 1 N–H and O–H groups in total. The van der Waals surface area contributed by atoms with Gasteiger partial charge in [-0.25, -0.2) is 4.98 Å². The summed E-state index contributed by atoms with van der Waals surface area (Å²) in [6.45, 7) is 2.47. The summed E-state index contributed by atoms with van der Waals surface area (Å²) in [6.07, 6.45) is 3.82. The normalized spacial score (nSPS) is 12.1. The molecule has 0 aliphatic rings. The molecule has 0 saturated heterocycles. The fourth-order valence-corrected chi connectivity index (χ4v) is 3.42. The molecule has 2 aromatic rings. The summed E-state index contributed by atoms with van der Waals surface area (Å²) < 4.78 is 0. The van der Waals surface area contributed by atoms with Crippen molar-refractivity contribution in [1.29, 1.82) is 0 Å². The van der Waals surface area contributed by atoms with E-state index >= 15 is 0 Å². The smallest absolute Gasteiger partial charge is 0.223 e. The summed E-state index contributed by atoms with van der Waals surface area (Å²) in [5.74, 6) is 0.958. The zero-order valence-corrected chi connectivity index (χ0v) is 14.3. The van der Waals surface area contributed by atoms with Gasteiger partial charge in [-0.3, -0.25) is 4.79 Å². The maximum absolute atomic E-state index is 11.9. The molecule has 1 aromatic carbocycles. The molecule has 0 bridgehead atoms. The highest BCUT2D eigenvalue weighted by Crippen LogP contribution is 2.26. The SMILES string of the molecule is CSCC(C)C(=O)NCc1cnc(-c2ccc(Cl)cc2)s1. The topological polar surface area (TPSA) is 42.0 Å². The van der Waals surface area contributed by atoms with Crippen LogP contribution in [0.25, 0.3) is 10.6 Å². The Morgan fingerprint density at radius 2 is 2.14 bits per heavy atom. The first-order chi connectivity index (χ1) is 10.1. The number of aromatic nitrogens is 1. The van der Waals surface area contributed by atoms with Gasteiger partial charge in [0.1, 0.15) is 5.01 Å². The molecule has 1 unspecified atom stereocenters. The lowest BCUT2D eigenvalue weighted by Crippen LogP contribution is -2.29. The van der Waals surface area contributed by atoms with Gasteiger partial charge in [0.2, 0.25) is 5.91 Å². The molecule has 2 rings (SSSR count). The van der Waals surface area contributed by atoms with Gasteiger partial charge in [-0.2, -0.15) is 11.8 Å². The third-order valence-electron chi connectivity index (χ3n) is 2.95. The number of thioether (sulfide) groups is 1. The minimum absolute atomic E-state index is 0.0312. The molecule has 0 fully saturated rings. The summed E-state index contributed by atoms with van der Waals surface area (Å²) in [5.41, 5.74) is 1.04. The minimum atomic E-state index is 0.0312. The number of nitrogens with one attached hydrogen (secondary N) is 1. The van der Waals surface area contributed by atoms with Crippen LogP contribution in [0.4, 0.5) is 0 Å². The van der Waals surface area contributed by atoms with Crippen LogP contribution < -0.4 is 5.32 Å². The predicted molar refractivity (Wildman–Crippen MR) is 92.0 cm³/mol. The van der Waals surface area contributed by atoms with Crippen molar-refractivity contribution in [3.8, 4) is 10.6 Å². The number of carbonyl (C=O) groups is 1. The van der Waals surface area contributed by atoms with Crippen LogP contribution in [0.15, 0.2) is 30.5 Å². The summed E-state index contributed by atoms with van der Waals surface area (Å²) in [5, 5.41) is 4.61. The Hall–Kier alpha value is -1.04. The standard InChI is InChI=1S/C15H17ClN2OS2/c1-10(9-20-2)14(19)17-7-13-8-18-15(21-13)11-3-5-12(16)6-4-11/h3-6,8,10H,7,9H2,1-2H3,(H,17,19). The Bertz CT molecular complexity index is 598. The Morgan fingerprint density at radius 1 is 1.43 bits per heavy atom. The van der Waals surface area contributed by atoms with Crippen molar-refractivity contribution in [2.75, 3.05) is 12.0 Å². The van der Waals surface area contributed by atoms with Crippen molar-refractivity contribution in [2.45, 2.75) is 13.5 Å². The van der Waals surface area contributed by atoms with Gasteiger partial charge in [0.15, 0.2) is 0 Å². The quantitative estimate of drug-likeness (QED) is 0.861. The molecule has 0 radical (unpaired) electrons. The molecular formula is C15H17ClN2OS2. The van der Waals surface area contributed by atoms with Gasteiger partial charge in [0.25, 0.3) is 0 Å². The maximum atomic E-state index is 11.9. The van der Waals surface area contributed by atoms with Crippen molar-refractivity contribution in [2.24, 2.45) is 5.92 Å². The summed E-state index contributed by atoms with van der Waals surface area (Å²) in [4.78, 5) is 17.3. The van der Waals surface area contributed by atoms with Gasteiger partial charge in [-0.15, -0.1) is 11.3 Å². The molecule has 0 aliphatic carbocycles. The number of rotatable bonds is 6. The number of benzene rings is 1. The number of halogens is 1. The first kappa shape index (κ1) is 16.3. The lowest BCUT2D eigenvalue weighted by atomic mass is 10.2. The predicted octanol–water partition coefficient (Wildman–Crippen LogP) is 4.08. The van der Waals surface area contributed by atoms with E-state index in [1.807, 2.05) is 43.6 Å². The summed E-state index contributed by atoms with van der Waals surface area (Å²) >= 11 is 9.14. The highest BCUT2D eigenvalue weighted by atomic mass is 35.5. The fraction of sp³-hybridized carbons (Fsp3) is 0.333. The zero-order valence-electron chi connectivity index (χ0n) is 11.9. The van der Waals surface area contributed by atoms with Crippen LogP contribution in [-0.4, -0.2) is 22.9 Å². The van der Waals surface area contributed by atoms with Crippen LogP contribution in [0.2, 0.25) is 5.02 Å². The highest BCUT2D eigenvalue weighted by Gasteiger charge is 2.12. The van der Waals surface area contributed by atoms with Crippen molar-refractivity contribution < 1.29 is 4.79 Å². The van der Waals surface area contributed by atoms with E-state index in [1.54, 1.807) is 23.1 Å². The van der Waals surface area contributed by atoms with E-state index in [0.717, 1.165) is 21.2 Å². The lowest BCUT2D eigenvalue weighted by Gasteiger charge is -2.09. The third kappa shape index (κ3) is 4.73. The van der Waals surface area contributed by atoms with Crippen LogP contribution in [0.1, 0.15) is 11.8 Å². The van der Waals surface area contributed by atoms with E-state index in [0.29, 0.717) is 11.6 Å². The molecule has 112 valence electrons. The maximum Gasteiger partial charge on any atom is 0.223 e. The van der Waals surface area contributed by atoms with Crippen molar-refractivity contribution in [3.63, 3.8) is 0 Å². The number of nitrogens with zero attached hydrogens (tertiary/aromatic N) is 1. The van der Waals surface area contributed by atoms with E-state index in [2.05, 4.69) is 10.3 Å². The third-order valence-corrected chi connectivity index (χ3v) is 5.08. The lowest BCUT2D eigenvalue weighted by molar-refractivity contribution is -0.123. The van der Waals surface area contributed by atoms with Gasteiger partial charge in [-0.1, -0.05) is 30.7 Å². The number of carbonyl (C=O) groups excluding carboxylic acids is 1. The Balaban J connectivity index is 1.94. The molecule has 3 nitrogen and oxygen atoms in total.